The fourth-order valence-electron chi connectivity index (χ4n) is 2.01. The number of hydrogen-bond acceptors (Lipinski definition) is 4. The second-order valence-electron chi connectivity index (χ2n) is 4.31. The molecular formula is C12H11NO5. The second kappa shape index (κ2) is 3.90. The molecule has 1 amide bonds. The standard InChI is InChI=1S/C12H11NO5/c14-11(13-4-8(5-13)12(15)16)7-1-2-9-10(3-7)18-6-17-9/h1-3,8H,4-6H2,(H,15,16). The highest BCUT2D eigenvalue weighted by molar-refractivity contribution is 5.96. The predicted molar refractivity (Wildman–Crippen MR) is 59.6 cm³/mol. The molecule has 0 spiro atoms. The lowest BCUT2D eigenvalue weighted by Gasteiger charge is -2.36. The van der Waals surface area contributed by atoms with E-state index in [2.05, 4.69) is 0 Å². The Morgan fingerprint density at radius 1 is 1.22 bits per heavy atom. The zero-order valence-corrected chi connectivity index (χ0v) is 9.46. The van der Waals surface area contributed by atoms with Gasteiger partial charge in [-0.05, 0) is 18.2 Å². The third kappa shape index (κ3) is 1.66. The maximum Gasteiger partial charge on any atom is 0.310 e. The van der Waals surface area contributed by atoms with Crippen LogP contribution in [0.3, 0.4) is 0 Å². The van der Waals surface area contributed by atoms with Gasteiger partial charge in [-0.3, -0.25) is 9.59 Å². The zero-order chi connectivity index (χ0) is 12.7. The van der Waals surface area contributed by atoms with Crippen molar-refractivity contribution in [1.29, 1.82) is 0 Å². The highest BCUT2D eigenvalue weighted by Gasteiger charge is 2.36. The van der Waals surface area contributed by atoms with E-state index in [9.17, 15) is 9.59 Å². The Morgan fingerprint density at radius 2 is 1.94 bits per heavy atom. The molecule has 0 aliphatic carbocycles. The normalized spacial score (nSPS) is 17.4. The Hall–Kier alpha value is -2.24. The van der Waals surface area contributed by atoms with E-state index < -0.39 is 11.9 Å². The number of carboxylic acid groups (broad SMARTS) is 1. The Morgan fingerprint density at radius 3 is 2.67 bits per heavy atom. The highest BCUT2D eigenvalue weighted by atomic mass is 16.7. The minimum absolute atomic E-state index is 0.164. The topological polar surface area (TPSA) is 76.1 Å². The van der Waals surface area contributed by atoms with Crippen molar-refractivity contribution in [2.45, 2.75) is 0 Å². The molecule has 2 aliphatic heterocycles. The van der Waals surface area contributed by atoms with Gasteiger partial charge in [-0.1, -0.05) is 0 Å². The third-order valence-corrected chi connectivity index (χ3v) is 3.14. The van der Waals surface area contributed by atoms with Crippen molar-refractivity contribution >= 4 is 11.9 Å². The zero-order valence-electron chi connectivity index (χ0n) is 9.46. The molecule has 0 bridgehead atoms. The van der Waals surface area contributed by atoms with Crippen molar-refractivity contribution in [3.8, 4) is 11.5 Å². The van der Waals surface area contributed by atoms with Crippen molar-refractivity contribution in [1.82, 2.24) is 4.90 Å². The smallest absolute Gasteiger partial charge is 0.310 e. The number of fused-ring (bicyclic) bond motifs is 1. The van der Waals surface area contributed by atoms with Gasteiger partial charge in [-0.15, -0.1) is 0 Å². The van der Waals surface area contributed by atoms with Crippen LogP contribution >= 0.6 is 0 Å². The Bertz CT molecular complexity index is 521. The van der Waals surface area contributed by atoms with Crippen LogP contribution in [0.15, 0.2) is 18.2 Å². The summed E-state index contributed by atoms with van der Waals surface area (Å²) in [7, 11) is 0. The summed E-state index contributed by atoms with van der Waals surface area (Å²) in [5.74, 6) is -0.298. The van der Waals surface area contributed by atoms with E-state index in [1.165, 1.54) is 4.90 Å². The van der Waals surface area contributed by atoms with Crippen LogP contribution < -0.4 is 9.47 Å². The van der Waals surface area contributed by atoms with Gasteiger partial charge in [0.25, 0.3) is 5.91 Å². The first-order valence-electron chi connectivity index (χ1n) is 5.57. The molecule has 0 aromatic heterocycles. The van der Waals surface area contributed by atoms with Gasteiger partial charge in [0, 0.05) is 18.7 Å². The summed E-state index contributed by atoms with van der Waals surface area (Å²) in [6.07, 6.45) is 0. The third-order valence-electron chi connectivity index (χ3n) is 3.14. The van der Waals surface area contributed by atoms with Gasteiger partial charge in [0.2, 0.25) is 6.79 Å². The summed E-state index contributed by atoms with van der Waals surface area (Å²) >= 11 is 0. The van der Waals surface area contributed by atoms with E-state index in [-0.39, 0.29) is 25.8 Å². The molecular weight excluding hydrogens is 238 g/mol. The molecule has 3 rings (SSSR count). The molecule has 0 atom stereocenters. The molecule has 94 valence electrons. The van der Waals surface area contributed by atoms with Gasteiger partial charge in [0.15, 0.2) is 11.5 Å². The molecule has 0 saturated carbocycles. The van der Waals surface area contributed by atoms with Crippen molar-refractivity contribution in [2.24, 2.45) is 5.92 Å². The molecule has 0 radical (unpaired) electrons. The number of likely N-dealkylation sites (tertiary alicyclic amines) is 1. The van der Waals surface area contributed by atoms with Crippen LogP contribution in [0.25, 0.3) is 0 Å². The summed E-state index contributed by atoms with van der Waals surface area (Å²) < 4.78 is 10.4. The van der Waals surface area contributed by atoms with Crippen LogP contribution in [0.1, 0.15) is 10.4 Å². The molecule has 1 aromatic rings. The van der Waals surface area contributed by atoms with E-state index >= 15 is 0 Å². The van der Waals surface area contributed by atoms with Crippen LogP contribution in [0.2, 0.25) is 0 Å². The number of hydrogen-bond donors (Lipinski definition) is 1. The molecule has 2 aliphatic rings. The van der Waals surface area contributed by atoms with Gasteiger partial charge in [-0.25, -0.2) is 0 Å². The summed E-state index contributed by atoms with van der Waals surface area (Å²) in [6.45, 7) is 0.697. The lowest BCUT2D eigenvalue weighted by molar-refractivity contribution is -0.146. The maximum atomic E-state index is 12.0. The quantitative estimate of drug-likeness (QED) is 0.829. The van der Waals surface area contributed by atoms with E-state index in [0.717, 1.165) is 0 Å². The van der Waals surface area contributed by atoms with Crippen LogP contribution in [0.4, 0.5) is 0 Å². The summed E-state index contributed by atoms with van der Waals surface area (Å²) in [5.41, 5.74) is 0.489. The van der Waals surface area contributed by atoms with Gasteiger partial charge in [-0.2, -0.15) is 0 Å². The summed E-state index contributed by atoms with van der Waals surface area (Å²) in [5, 5.41) is 8.76. The van der Waals surface area contributed by atoms with E-state index in [0.29, 0.717) is 17.1 Å². The first kappa shape index (κ1) is 10.9. The minimum atomic E-state index is -0.857. The molecule has 18 heavy (non-hydrogen) atoms. The maximum absolute atomic E-state index is 12.0. The van der Waals surface area contributed by atoms with E-state index in [4.69, 9.17) is 14.6 Å². The average molecular weight is 249 g/mol. The molecule has 1 N–H and O–H groups in total. The van der Waals surface area contributed by atoms with Gasteiger partial charge >= 0.3 is 5.97 Å². The number of benzene rings is 1. The van der Waals surface area contributed by atoms with Crippen LogP contribution in [-0.4, -0.2) is 41.8 Å². The molecule has 1 saturated heterocycles. The number of ether oxygens (including phenoxy) is 2. The summed E-state index contributed by atoms with van der Waals surface area (Å²) in [6, 6.07) is 4.97. The number of nitrogens with zero attached hydrogens (tertiary/aromatic N) is 1. The fourth-order valence-corrected chi connectivity index (χ4v) is 2.01. The molecule has 1 aromatic carbocycles. The molecule has 1 fully saturated rings. The van der Waals surface area contributed by atoms with Crippen molar-refractivity contribution in [2.75, 3.05) is 19.9 Å². The van der Waals surface area contributed by atoms with E-state index in [1.54, 1.807) is 18.2 Å². The van der Waals surface area contributed by atoms with Crippen molar-refractivity contribution in [3.05, 3.63) is 23.8 Å². The number of amides is 1. The van der Waals surface area contributed by atoms with Crippen molar-refractivity contribution in [3.63, 3.8) is 0 Å². The molecule has 2 heterocycles. The highest BCUT2D eigenvalue weighted by Crippen LogP contribution is 2.33. The number of carbonyl (C=O) groups excluding carboxylic acids is 1. The Kier molecular flexibility index (Phi) is 2.36. The molecule has 6 heteroatoms. The number of carbonyl (C=O) groups is 2. The van der Waals surface area contributed by atoms with Gasteiger partial charge in [0.05, 0.1) is 5.92 Å². The van der Waals surface area contributed by atoms with E-state index in [1.807, 2.05) is 0 Å². The number of rotatable bonds is 2. The Balaban J connectivity index is 1.72. The molecule has 6 nitrogen and oxygen atoms in total. The lowest BCUT2D eigenvalue weighted by Crippen LogP contribution is -2.53. The minimum Gasteiger partial charge on any atom is -0.481 e. The number of aliphatic carboxylic acids is 1. The van der Waals surface area contributed by atoms with Gasteiger partial charge in [0.1, 0.15) is 0 Å². The molecule has 0 unspecified atom stereocenters. The van der Waals surface area contributed by atoms with Crippen LogP contribution in [-0.2, 0) is 4.79 Å². The van der Waals surface area contributed by atoms with Crippen LogP contribution in [0, 0.1) is 5.92 Å². The van der Waals surface area contributed by atoms with Crippen LogP contribution in [0.5, 0.6) is 11.5 Å². The second-order valence-corrected chi connectivity index (χ2v) is 4.31. The van der Waals surface area contributed by atoms with Gasteiger partial charge < -0.3 is 19.5 Å². The first-order valence-corrected chi connectivity index (χ1v) is 5.57. The summed E-state index contributed by atoms with van der Waals surface area (Å²) in [4.78, 5) is 24.2. The monoisotopic (exact) mass is 249 g/mol. The largest absolute Gasteiger partial charge is 0.481 e. The average Bonchev–Trinajstić information content (AvgIpc) is 2.72. The predicted octanol–water partition coefficient (Wildman–Crippen LogP) is 0.572. The first-order chi connectivity index (χ1) is 8.65. The van der Waals surface area contributed by atoms with Crippen molar-refractivity contribution < 1.29 is 24.2 Å². The lowest BCUT2D eigenvalue weighted by atomic mass is 9.99. The SMILES string of the molecule is O=C(O)C1CN(C(=O)c2ccc3c(c2)OCO3)C1. The fraction of sp³-hybridized carbons (Fsp3) is 0.333. The Labute approximate surface area is 103 Å². The number of carboxylic acids is 1.